The second-order valence-electron chi connectivity index (χ2n) is 13.6. The summed E-state index contributed by atoms with van der Waals surface area (Å²) in [5, 5.41) is 2.60. The summed E-state index contributed by atoms with van der Waals surface area (Å²) in [5.74, 6) is -1.35. The zero-order valence-electron chi connectivity index (χ0n) is 32.3. The number of Topliss-reactive ketones (excluding diaryl/α,β-unsaturated/α-hetero) is 1. The fraction of sp³-hybridized carbons (Fsp3) is 0.277. The van der Waals surface area contributed by atoms with Crippen molar-refractivity contribution in [1.82, 2.24) is 15.0 Å². The van der Waals surface area contributed by atoms with Gasteiger partial charge in [0.1, 0.15) is 5.78 Å². The number of carbonyl (C=O) groups is 4. The Morgan fingerprint density at radius 3 is 1.55 bits per heavy atom. The van der Waals surface area contributed by atoms with Gasteiger partial charge in [0.25, 0.3) is 11.8 Å². The summed E-state index contributed by atoms with van der Waals surface area (Å²) in [6, 6.07) is 35.8. The number of aromatic nitrogens is 2. The van der Waals surface area contributed by atoms with Gasteiger partial charge in [0.15, 0.2) is 0 Å². The Hall–Kier alpha value is -6.06. The van der Waals surface area contributed by atoms with E-state index in [0.29, 0.717) is 29.3 Å². The number of amides is 2. The van der Waals surface area contributed by atoms with E-state index in [2.05, 4.69) is 42.0 Å². The first-order chi connectivity index (χ1) is 27.3. The maximum atomic E-state index is 12.4. The molecule has 2 N–H and O–H groups in total. The first kappa shape index (κ1) is 41.1. The molecule has 1 fully saturated rings. The molecule has 56 heavy (non-hydrogen) atoms. The Labute approximate surface area is 328 Å². The number of unbranched alkanes of at least 4 members (excludes halogenated alkanes) is 3. The minimum Gasteiger partial charge on any atom is -0.330 e. The molecular formula is C47H50N4O5. The number of hydrogen-bond acceptors (Lipinski definition) is 8. The number of pyridine rings is 2. The van der Waals surface area contributed by atoms with E-state index < -0.39 is 17.8 Å². The summed E-state index contributed by atoms with van der Waals surface area (Å²) in [5.41, 5.74) is 12.8. The van der Waals surface area contributed by atoms with E-state index in [4.69, 9.17) is 10.6 Å². The maximum Gasteiger partial charge on any atom is 0.337 e. The molecule has 0 spiro atoms. The summed E-state index contributed by atoms with van der Waals surface area (Å²) in [4.78, 5) is 62.1. The molecule has 7 rings (SSSR count). The zero-order valence-corrected chi connectivity index (χ0v) is 32.3. The van der Waals surface area contributed by atoms with Crippen molar-refractivity contribution >= 4 is 45.4 Å². The number of ketones is 1. The van der Waals surface area contributed by atoms with Crippen LogP contribution in [-0.4, -0.2) is 45.1 Å². The highest BCUT2D eigenvalue weighted by molar-refractivity contribution is 6.02. The van der Waals surface area contributed by atoms with E-state index in [0.717, 1.165) is 75.4 Å². The third-order valence-corrected chi connectivity index (χ3v) is 9.37. The summed E-state index contributed by atoms with van der Waals surface area (Å²) < 4.78 is 0. The number of imide groups is 1. The molecule has 6 aromatic rings. The molecule has 1 saturated heterocycles. The van der Waals surface area contributed by atoms with Crippen molar-refractivity contribution in [3.8, 4) is 22.3 Å². The van der Waals surface area contributed by atoms with Gasteiger partial charge >= 0.3 is 5.97 Å². The van der Waals surface area contributed by atoms with Crippen molar-refractivity contribution in [2.24, 2.45) is 5.73 Å². The number of rotatable bonds is 13. The minimum atomic E-state index is -0.673. The number of fused-ring (bicyclic) bond motifs is 2. The molecular weight excluding hydrogens is 701 g/mol. The molecule has 0 bridgehead atoms. The number of hydroxylamine groups is 2. The number of nitrogens with two attached hydrogens (primary N) is 1. The van der Waals surface area contributed by atoms with Gasteiger partial charge < -0.3 is 10.6 Å². The van der Waals surface area contributed by atoms with Gasteiger partial charge in [-0.1, -0.05) is 130 Å². The second-order valence-corrected chi connectivity index (χ2v) is 13.6. The highest BCUT2D eigenvalue weighted by Crippen LogP contribution is 2.33. The number of nitrogens with zero attached hydrogens (tertiary/aromatic N) is 3. The Balaban J connectivity index is 0.000000193. The molecule has 1 aliphatic rings. The SMILES string of the molecule is CCCCCC(=O)Cc1cnc2ccccc2c1-c1ccccc1.CCCCN.O=C(Cc1cnc2ccccc2c1-c1ccccc1)ON1C(=O)CCC1=O. The van der Waals surface area contributed by atoms with E-state index >= 15 is 0 Å². The van der Waals surface area contributed by atoms with Gasteiger partial charge in [-0.25, -0.2) is 4.79 Å². The molecule has 2 amide bonds. The van der Waals surface area contributed by atoms with Gasteiger partial charge in [-0.05, 0) is 64.9 Å². The van der Waals surface area contributed by atoms with Crippen molar-refractivity contribution in [2.45, 2.75) is 78.1 Å². The van der Waals surface area contributed by atoms with Gasteiger partial charge in [-0.15, -0.1) is 5.06 Å². The van der Waals surface area contributed by atoms with Gasteiger partial charge in [0.05, 0.1) is 17.5 Å². The largest absolute Gasteiger partial charge is 0.337 e. The average molecular weight is 751 g/mol. The standard InChI is InChI=1S/C22H23NO.C21H16N2O4.C4H11N/c1-2-3-5-12-19(24)15-18-16-23-21-14-9-8-13-20(21)22(18)17-10-6-4-7-11-17;24-18-10-11-19(25)23(18)27-20(26)12-15-13-22-17-9-5-4-8-16(17)21(15)14-6-2-1-3-7-14;1-2-3-4-5/h4,6-11,13-14,16H,2-3,5,12,15H2,1H3;1-9,13H,10-12H2;2-5H2,1H3. The third kappa shape index (κ3) is 11.0. The summed E-state index contributed by atoms with van der Waals surface area (Å²) in [6.07, 6.45) is 10.3. The number of para-hydroxylation sites is 2. The zero-order chi connectivity index (χ0) is 39.7. The van der Waals surface area contributed by atoms with Gasteiger partial charge in [-0.2, -0.15) is 0 Å². The topological polar surface area (TPSA) is 133 Å². The molecule has 2 aromatic heterocycles. The lowest BCUT2D eigenvalue weighted by atomic mass is 9.93. The molecule has 1 aliphatic heterocycles. The van der Waals surface area contributed by atoms with Crippen molar-refractivity contribution in [1.29, 1.82) is 0 Å². The second kappa shape index (κ2) is 21.1. The highest BCUT2D eigenvalue weighted by Gasteiger charge is 2.33. The lowest BCUT2D eigenvalue weighted by Crippen LogP contribution is -2.32. The smallest absolute Gasteiger partial charge is 0.330 e. The number of hydrogen-bond donors (Lipinski definition) is 1. The Morgan fingerprint density at radius 2 is 1.09 bits per heavy atom. The maximum absolute atomic E-state index is 12.4. The highest BCUT2D eigenvalue weighted by atomic mass is 16.7. The van der Waals surface area contributed by atoms with E-state index in [9.17, 15) is 19.2 Å². The lowest BCUT2D eigenvalue weighted by molar-refractivity contribution is -0.197. The molecule has 9 heteroatoms. The van der Waals surface area contributed by atoms with E-state index in [1.807, 2.05) is 97.2 Å². The monoisotopic (exact) mass is 750 g/mol. The Kier molecular flexibility index (Phi) is 15.5. The Morgan fingerprint density at radius 1 is 0.625 bits per heavy atom. The van der Waals surface area contributed by atoms with Crippen LogP contribution in [0.5, 0.6) is 0 Å². The van der Waals surface area contributed by atoms with Crippen LogP contribution in [0.25, 0.3) is 44.1 Å². The number of benzene rings is 4. The minimum absolute atomic E-state index is 0.0684. The van der Waals surface area contributed by atoms with Crippen LogP contribution in [0.1, 0.15) is 76.3 Å². The van der Waals surface area contributed by atoms with Crippen molar-refractivity contribution in [2.75, 3.05) is 6.54 Å². The molecule has 288 valence electrons. The van der Waals surface area contributed by atoms with Crippen LogP contribution in [0.2, 0.25) is 0 Å². The van der Waals surface area contributed by atoms with Crippen LogP contribution >= 0.6 is 0 Å². The third-order valence-electron chi connectivity index (χ3n) is 9.37. The van der Waals surface area contributed by atoms with Crippen LogP contribution in [0.3, 0.4) is 0 Å². The van der Waals surface area contributed by atoms with Crippen molar-refractivity contribution in [3.63, 3.8) is 0 Å². The van der Waals surface area contributed by atoms with Gasteiger partial charge in [0, 0.05) is 48.8 Å². The normalized spacial score (nSPS) is 12.2. The summed E-state index contributed by atoms with van der Waals surface area (Å²) in [7, 11) is 0. The molecule has 0 saturated carbocycles. The van der Waals surface area contributed by atoms with E-state index in [1.165, 1.54) is 12.8 Å². The molecule has 0 radical (unpaired) electrons. The summed E-state index contributed by atoms with van der Waals surface area (Å²) in [6.45, 7) is 5.13. The predicted octanol–water partition coefficient (Wildman–Crippen LogP) is 9.39. The summed E-state index contributed by atoms with van der Waals surface area (Å²) >= 11 is 0. The van der Waals surface area contributed by atoms with Crippen molar-refractivity contribution < 1.29 is 24.0 Å². The predicted molar refractivity (Wildman–Crippen MR) is 222 cm³/mol. The van der Waals surface area contributed by atoms with Crippen molar-refractivity contribution in [3.05, 3.63) is 133 Å². The first-order valence-corrected chi connectivity index (χ1v) is 19.5. The first-order valence-electron chi connectivity index (χ1n) is 19.5. The van der Waals surface area contributed by atoms with Crippen LogP contribution in [0.15, 0.2) is 122 Å². The molecule has 0 aliphatic carbocycles. The van der Waals surface area contributed by atoms with Crippen LogP contribution in [0, 0.1) is 0 Å². The Bertz CT molecular complexity index is 2220. The molecule has 0 unspecified atom stereocenters. The van der Waals surface area contributed by atoms with Crippen LogP contribution in [0.4, 0.5) is 0 Å². The fourth-order valence-electron chi connectivity index (χ4n) is 6.55. The van der Waals surface area contributed by atoms with Gasteiger partial charge in [-0.3, -0.25) is 24.4 Å². The molecule has 0 atom stereocenters. The van der Waals surface area contributed by atoms with E-state index in [-0.39, 0.29) is 19.3 Å². The van der Waals surface area contributed by atoms with E-state index in [1.54, 1.807) is 6.20 Å². The lowest BCUT2D eigenvalue weighted by Gasteiger charge is -2.15. The van der Waals surface area contributed by atoms with Crippen LogP contribution in [-0.2, 0) is 36.9 Å². The fourth-order valence-corrected chi connectivity index (χ4v) is 6.55. The quantitative estimate of drug-likeness (QED) is 0.0912. The number of carbonyl (C=O) groups excluding carboxylic acids is 4. The molecule has 4 aromatic carbocycles. The van der Waals surface area contributed by atoms with Gasteiger partial charge in [0.2, 0.25) is 0 Å². The molecule has 9 nitrogen and oxygen atoms in total. The average Bonchev–Trinajstić information content (AvgIpc) is 3.54. The molecule has 3 heterocycles. The van der Waals surface area contributed by atoms with Crippen LogP contribution < -0.4 is 5.73 Å².